The van der Waals surface area contributed by atoms with Crippen molar-refractivity contribution in [2.24, 2.45) is 5.92 Å². The predicted octanol–water partition coefficient (Wildman–Crippen LogP) is 2.61. The fourth-order valence-corrected chi connectivity index (χ4v) is 3.62. The molecule has 2 rings (SSSR count). The molecule has 1 saturated heterocycles. The SMILES string of the molecule is CC(C)Cn1ncc(C(=O)N[C@@]2(C#N)CCSC2)c1C(F)F. The third kappa shape index (κ3) is 3.40. The van der Waals surface area contributed by atoms with Crippen molar-refractivity contribution in [3.63, 3.8) is 0 Å². The highest BCUT2D eigenvalue weighted by Gasteiger charge is 2.37. The second-order valence-electron chi connectivity index (χ2n) is 5.77. The van der Waals surface area contributed by atoms with E-state index in [0.29, 0.717) is 18.7 Å². The van der Waals surface area contributed by atoms with Crippen molar-refractivity contribution >= 4 is 17.7 Å². The average Bonchev–Trinajstić information content (AvgIpc) is 3.05. The fourth-order valence-electron chi connectivity index (χ4n) is 2.36. The van der Waals surface area contributed by atoms with Gasteiger partial charge in [0.25, 0.3) is 12.3 Å². The number of carbonyl (C=O) groups excluding carboxylic acids is 1. The summed E-state index contributed by atoms with van der Waals surface area (Å²) in [4.78, 5) is 12.3. The zero-order valence-corrected chi connectivity index (χ0v) is 13.3. The first kappa shape index (κ1) is 16.7. The number of nitrogens with one attached hydrogen (secondary N) is 1. The van der Waals surface area contributed by atoms with E-state index in [1.54, 1.807) is 11.8 Å². The van der Waals surface area contributed by atoms with Crippen LogP contribution >= 0.6 is 11.8 Å². The maximum atomic E-state index is 13.3. The van der Waals surface area contributed by atoms with E-state index in [0.717, 1.165) is 11.9 Å². The van der Waals surface area contributed by atoms with Gasteiger partial charge in [0.05, 0.1) is 17.8 Å². The van der Waals surface area contributed by atoms with Gasteiger partial charge in [0, 0.05) is 12.3 Å². The number of thioether (sulfide) groups is 1. The highest BCUT2D eigenvalue weighted by molar-refractivity contribution is 7.99. The van der Waals surface area contributed by atoms with Gasteiger partial charge in [-0.3, -0.25) is 9.48 Å². The summed E-state index contributed by atoms with van der Waals surface area (Å²) in [6.07, 6.45) is -1.12. The first-order valence-corrected chi connectivity index (χ1v) is 8.19. The number of aromatic nitrogens is 2. The van der Waals surface area contributed by atoms with E-state index in [1.165, 1.54) is 4.68 Å². The zero-order chi connectivity index (χ0) is 16.3. The van der Waals surface area contributed by atoms with Crippen LogP contribution in [0.1, 0.15) is 42.7 Å². The smallest absolute Gasteiger partial charge is 0.280 e. The summed E-state index contributed by atoms with van der Waals surface area (Å²) in [5.41, 5.74) is -1.51. The average molecular weight is 328 g/mol. The summed E-state index contributed by atoms with van der Waals surface area (Å²) >= 11 is 1.56. The Morgan fingerprint density at radius 3 is 2.86 bits per heavy atom. The molecule has 1 aliphatic heterocycles. The maximum Gasteiger partial charge on any atom is 0.280 e. The first-order valence-electron chi connectivity index (χ1n) is 7.04. The van der Waals surface area contributed by atoms with Crippen molar-refractivity contribution in [3.8, 4) is 6.07 Å². The van der Waals surface area contributed by atoms with Crippen LogP contribution in [0.2, 0.25) is 0 Å². The molecule has 1 fully saturated rings. The molecule has 1 aliphatic rings. The number of alkyl halides is 2. The molecule has 8 heteroatoms. The third-order valence-electron chi connectivity index (χ3n) is 3.46. The zero-order valence-electron chi connectivity index (χ0n) is 12.5. The minimum absolute atomic E-state index is 0.130. The van der Waals surface area contributed by atoms with Gasteiger partial charge < -0.3 is 5.32 Å². The van der Waals surface area contributed by atoms with E-state index in [4.69, 9.17) is 0 Å². The summed E-state index contributed by atoms with van der Waals surface area (Å²) in [5.74, 6) is 0.709. The molecular formula is C14H18F2N4OS. The number of nitriles is 1. The van der Waals surface area contributed by atoms with Gasteiger partial charge in [-0.15, -0.1) is 0 Å². The summed E-state index contributed by atoms with van der Waals surface area (Å²) in [6, 6.07) is 2.10. The topological polar surface area (TPSA) is 70.7 Å². The van der Waals surface area contributed by atoms with Crippen molar-refractivity contribution in [3.05, 3.63) is 17.5 Å². The van der Waals surface area contributed by atoms with Gasteiger partial charge in [0.1, 0.15) is 11.2 Å². The van der Waals surface area contributed by atoms with Crippen LogP contribution < -0.4 is 5.32 Å². The van der Waals surface area contributed by atoms with E-state index in [2.05, 4.69) is 16.5 Å². The minimum atomic E-state index is -2.79. The maximum absolute atomic E-state index is 13.3. The Labute approximate surface area is 132 Å². The van der Waals surface area contributed by atoms with Gasteiger partial charge in [0.15, 0.2) is 0 Å². The lowest BCUT2D eigenvalue weighted by Crippen LogP contribution is -2.47. The molecule has 1 aromatic rings. The Balaban J connectivity index is 2.26. The molecule has 1 amide bonds. The van der Waals surface area contributed by atoms with Crippen LogP contribution in [0.3, 0.4) is 0 Å². The lowest BCUT2D eigenvalue weighted by atomic mass is 10.0. The molecule has 0 radical (unpaired) electrons. The van der Waals surface area contributed by atoms with Gasteiger partial charge in [-0.05, 0) is 18.1 Å². The molecule has 5 nitrogen and oxygen atoms in total. The van der Waals surface area contributed by atoms with Crippen LogP contribution in [-0.4, -0.2) is 32.7 Å². The Morgan fingerprint density at radius 1 is 1.64 bits per heavy atom. The molecule has 0 unspecified atom stereocenters. The highest BCUT2D eigenvalue weighted by atomic mass is 32.2. The monoisotopic (exact) mass is 328 g/mol. The second kappa shape index (κ2) is 6.65. The van der Waals surface area contributed by atoms with Crippen LogP contribution in [0, 0.1) is 17.2 Å². The number of hydrogen-bond donors (Lipinski definition) is 1. The molecule has 0 aliphatic carbocycles. The van der Waals surface area contributed by atoms with Crippen LogP contribution in [-0.2, 0) is 6.54 Å². The van der Waals surface area contributed by atoms with Crippen LogP contribution in [0.4, 0.5) is 8.78 Å². The van der Waals surface area contributed by atoms with Gasteiger partial charge in [-0.1, -0.05) is 13.8 Å². The summed E-state index contributed by atoms with van der Waals surface area (Å²) in [6.45, 7) is 4.08. The molecule has 0 saturated carbocycles. The molecular weight excluding hydrogens is 310 g/mol. The second-order valence-corrected chi connectivity index (χ2v) is 6.88. The van der Waals surface area contributed by atoms with E-state index in [9.17, 15) is 18.8 Å². The molecule has 120 valence electrons. The summed E-state index contributed by atoms with van der Waals surface area (Å²) in [5, 5.41) is 15.8. The number of amides is 1. The van der Waals surface area contributed by atoms with Gasteiger partial charge in [-0.25, -0.2) is 8.78 Å². The Morgan fingerprint density at radius 2 is 2.36 bits per heavy atom. The molecule has 1 N–H and O–H groups in total. The van der Waals surface area contributed by atoms with Crippen molar-refractivity contribution in [1.29, 1.82) is 5.26 Å². The molecule has 0 spiro atoms. The Bertz CT molecular complexity index is 588. The van der Waals surface area contributed by atoms with Gasteiger partial charge in [0.2, 0.25) is 0 Å². The highest BCUT2D eigenvalue weighted by Crippen LogP contribution is 2.29. The van der Waals surface area contributed by atoms with E-state index in [1.807, 2.05) is 13.8 Å². The molecule has 22 heavy (non-hydrogen) atoms. The van der Waals surface area contributed by atoms with Crippen molar-refractivity contribution in [1.82, 2.24) is 15.1 Å². The summed E-state index contributed by atoms with van der Waals surface area (Å²) < 4.78 is 27.8. The van der Waals surface area contributed by atoms with E-state index >= 15 is 0 Å². The lowest BCUT2D eigenvalue weighted by molar-refractivity contribution is 0.0908. The van der Waals surface area contributed by atoms with Crippen LogP contribution in [0.25, 0.3) is 0 Å². The first-order chi connectivity index (χ1) is 10.4. The van der Waals surface area contributed by atoms with Crippen LogP contribution in [0.15, 0.2) is 6.20 Å². The number of nitrogens with zero attached hydrogens (tertiary/aromatic N) is 3. The number of rotatable bonds is 5. The minimum Gasteiger partial charge on any atom is -0.333 e. The van der Waals surface area contributed by atoms with Crippen molar-refractivity contribution in [2.45, 2.75) is 38.8 Å². The van der Waals surface area contributed by atoms with Gasteiger partial charge >= 0.3 is 0 Å². The standard InChI is InChI=1S/C14H18F2N4OS/c1-9(2)6-20-11(12(15)16)10(5-18-20)13(21)19-14(7-17)3-4-22-8-14/h5,9,12H,3-4,6,8H2,1-2H3,(H,19,21)/t14-/m1/s1. The van der Waals surface area contributed by atoms with E-state index < -0.39 is 17.9 Å². The van der Waals surface area contributed by atoms with Gasteiger partial charge in [-0.2, -0.15) is 22.1 Å². The molecule has 0 bridgehead atoms. The number of carbonyl (C=O) groups is 1. The Hall–Kier alpha value is -1.62. The molecule has 2 heterocycles. The molecule has 0 aromatic carbocycles. The lowest BCUT2D eigenvalue weighted by Gasteiger charge is -2.21. The van der Waals surface area contributed by atoms with Crippen LogP contribution in [0.5, 0.6) is 0 Å². The van der Waals surface area contributed by atoms with Crippen molar-refractivity contribution in [2.75, 3.05) is 11.5 Å². The van der Waals surface area contributed by atoms with E-state index in [-0.39, 0.29) is 17.2 Å². The normalized spacial score (nSPS) is 21.3. The predicted molar refractivity (Wildman–Crippen MR) is 79.8 cm³/mol. The quantitative estimate of drug-likeness (QED) is 0.902. The number of halogens is 2. The Kier molecular flexibility index (Phi) is 5.06. The molecule has 1 aromatic heterocycles. The number of hydrogen-bond acceptors (Lipinski definition) is 4. The third-order valence-corrected chi connectivity index (χ3v) is 4.65. The largest absolute Gasteiger partial charge is 0.333 e. The van der Waals surface area contributed by atoms with Crippen molar-refractivity contribution < 1.29 is 13.6 Å². The summed E-state index contributed by atoms with van der Waals surface area (Å²) in [7, 11) is 0. The fraction of sp³-hybridized carbons (Fsp3) is 0.643. The molecule has 1 atom stereocenters.